The van der Waals surface area contributed by atoms with Gasteiger partial charge in [-0.2, -0.15) is 0 Å². The van der Waals surface area contributed by atoms with E-state index in [1.165, 1.54) is 12.1 Å². The molecule has 0 N–H and O–H groups in total. The molecule has 4 rings (SSSR count). The van der Waals surface area contributed by atoms with E-state index in [9.17, 15) is 4.39 Å². The van der Waals surface area contributed by atoms with Crippen molar-refractivity contribution in [2.75, 3.05) is 13.2 Å². The number of likely N-dealkylation sites (tertiary alicyclic amines) is 1. The second-order valence-corrected chi connectivity index (χ2v) is 6.81. The normalized spacial score (nSPS) is 26.5. The number of hydrogen-bond acceptors (Lipinski definition) is 4. The molecule has 0 unspecified atom stereocenters. The van der Waals surface area contributed by atoms with Crippen LogP contribution in [0.4, 0.5) is 4.39 Å². The number of pyridine rings is 1. The van der Waals surface area contributed by atoms with Crippen LogP contribution in [0.5, 0.6) is 0 Å². The van der Waals surface area contributed by atoms with Crippen LogP contribution < -0.4 is 0 Å². The molecule has 1 aromatic heterocycles. The van der Waals surface area contributed by atoms with E-state index in [1.54, 1.807) is 6.20 Å². The fourth-order valence-electron chi connectivity index (χ4n) is 3.84. The van der Waals surface area contributed by atoms with Crippen LogP contribution >= 0.6 is 0 Å². The van der Waals surface area contributed by atoms with E-state index in [0.29, 0.717) is 12.6 Å². The van der Waals surface area contributed by atoms with Crippen molar-refractivity contribution in [3.63, 3.8) is 0 Å². The molecule has 2 aromatic rings. The Hall–Kier alpha value is -1.82. The van der Waals surface area contributed by atoms with E-state index in [2.05, 4.69) is 9.88 Å². The number of rotatable bonds is 5. The van der Waals surface area contributed by atoms with Gasteiger partial charge in [-0.05, 0) is 42.2 Å². The van der Waals surface area contributed by atoms with Gasteiger partial charge in [0.15, 0.2) is 0 Å². The number of ether oxygens (including phenoxy) is 2. The number of aromatic nitrogens is 1. The Kier molecular flexibility index (Phi) is 5.06. The van der Waals surface area contributed by atoms with Crippen LogP contribution in [0.3, 0.4) is 0 Å². The summed E-state index contributed by atoms with van der Waals surface area (Å²) in [5.41, 5.74) is 2.20. The van der Waals surface area contributed by atoms with Crippen molar-refractivity contribution in [2.24, 2.45) is 0 Å². The molecular formula is C20H23FN2O2. The highest BCUT2D eigenvalue weighted by molar-refractivity contribution is 5.17. The van der Waals surface area contributed by atoms with Crippen molar-refractivity contribution in [1.29, 1.82) is 0 Å². The molecule has 25 heavy (non-hydrogen) atoms. The Morgan fingerprint density at radius 3 is 2.88 bits per heavy atom. The highest BCUT2D eigenvalue weighted by Gasteiger charge is 2.44. The van der Waals surface area contributed by atoms with Crippen LogP contribution in [-0.2, 0) is 22.6 Å². The third-order valence-electron chi connectivity index (χ3n) is 5.07. The van der Waals surface area contributed by atoms with Gasteiger partial charge in [0.1, 0.15) is 11.9 Å². The quantitative estimate of drug-likeness (QED) is 0.836. The summed E-state index contributed by atoms with van der Waals surface area (Å²) in [6.07, 6.45) is 5.99. The minimum Gasteiger partial charge on any atom is -0.374 e. The number of fused-ring (bicyclic) bond motifs is 1. The van der Waals surface area contributed by atoms with Crippen molar-refractivity contribution in [1.82, 2.24) is 9.88 Å². The van der Waals surface area contributed by atoms with Gasteiger partial charge in [0.05, 0.1) is 12.7 Å². The summed E-state index contributed by atoms with van der Waals surface area (Å²) in [7, 11) is 0. The SMILES string of the molecule is Fc1ccc(CN2C[C@@H](OCc3cccnc3)[C@@H]3OCCC[C@@H]32)cc1. The molecule has 0 bridgehead atoms. The molecule has 1 aromatic carbocycles. The van der Waals surface area contributed by atoms with Gasteiger partial charge in [-0.1, -0.05) is 18.2 Å². The largest absolute Gasteiger partial charge is 0.374 e. The van der Waals surface area contributed by atoms with Crippen LogP contribution in [0.1, 0.15) is 24.0 Å². The summed E-state index contributed by atoms with van der Waals surface area (Å²) in [4.78, 5) is 6.56. The van der Waals surface area contributed by atoms with Crippen LogP contribution in [0.25, 0.3) is 0 Å². The predicted molar refractivity (Wildman–Crippen MR) is 92.4 cm³/mol. The lowest BCUT2D eigenvalue weighted by Gasteiger charge is -2.32. The van der Waals surface area contributed by atoms with Crippen LogP contribution in [0.2, 0.25) is 0 Å². The smallest absolute Gasteiger partial charge is 0.123 e. The van der Waals surface area contributed by atoms with Crippen LogP contribution in [0.15, 0.2) is 48.8 Å². The van der Waals surface area contributed by atoms with Crippen molar-refractivity contribution in [3.8, 4) is 0 Å². The fraction of sp³-hybridized carbons (Fsp3) is 0.450. The number of halogens is 1. The van der Waals surface area contributed by atoms with E-state index in [1.807, 2.05) is 30.5 Å². The first-order valence-electron chi connectivity index (χ1n) is 8.90. The summed E-state index contributed by atoms with van der Waals surface area (Å²) in [5, 5.41) is 0. The molecule has 0 radical (unpaired) electrons. The van der Waals surface area contributed by atoms with E-state index < -0.39 is 0 Å². The van der Waals surface area contributed by atoms with Crippen LogP contribution in [0, 0.1) is 5.82 Å². The highest BCUT2D eigenvalue weighted by atomic mass is 19.1. The van der Waals surface area contributed by atoms with Gasteiger partial charge in [0, 0.05) is 38.1 Å². The van der Waals surface area contributed by atoms with E-state index >= 15 is 0 Å². The highest BCUT2D eigenvalue weighted by Crippen LogP contribution is 2.32. The summed E-state index contributed by atoms with van der Waals surface area (Å²) in [5.74, 6) is -0.193. The third-order valence-corrected chi connectivity index (χ3v) is 5.07. The third kappa shape index (κ3) is 3.89. The zero-order valence-corrected chi connectivity index (χ0v) is 14.2. The first-order valence-corrected chi connectivity index (χ1v) is 8.90. The molecule has 2 saturated heterocycles. The Morgan fingerprint density at radius 2 is 2.08 bits per heavy atom. The first kappa shape index (κ1) is 16.6. The minimum atomic E-state index is -0.193. The maximum atomic E-state index is 13.1. The number of benzene rings is 1. The molecule has 0 spiro atoms. The standard InChI is InChI=1S/C20H23FN2O2/c21-17-7-5-15(6-8-17)12-23-13-19(20-18(23)4-2-10-24-20)25-14-16-3-1-9-22-11-16/h1,3,5-9,11,18-20H,2,4,10,12-14H2/t18-,19+,20+/m0/s1. The average Bonchev–Trinajstić information content (AvgIpc) is 3.01. The summed E-state index contributed by atoms with van der Waals surface area (Å²) < 4.78 is 25.4. The van der Waals surface area contributed by atoms with Crippen molar-refractivity contribution >= 4 is 0 Å². The van der Waals surface area contributed by atoms with Gasteiger partial charge in [0.25, 0.3) is 0 Å². The van der Waals surface area contributed by atoms with E-state index in [0.717, 1.165) is 43.7 Å². The van der Waals surface area contributed by atoms with Gasteiger partial charge in [-0.25, -0.2) is 4.39 Å². The fourth-order valence-corrected chi connectivity index (χ4v) is 3.84. The second kappa shape index (κ2) is 7.60. The number of nitrogens with zero attached hydrogens (tertiary/aromatic N) is 2. The topological polar surface area (TPSA) is 34.6 Å². The van der Waals surface area contributed by atoms with Gasteiger partial charge in [0.2, 0.25) is 0 Å². The molecule has 2 aliphatic rings. The Bertz CT molecular complexity index is 680. The Labute approximate surface area is 147 Å². The maximum absolute atomic E-state index is 13.1. The monoisotopic (exact) mass is 342 g/mol. The lowest BCUT2D eigenvalue weighted by molar-refractivity contribution is -0.0819. The molecular weight excluding hydrogens is 319 g/mol. The van der Waals surface area contributed by atoms with Gasteiger partial charge in [-0.15, -0.1) is 0 Å². The summed E-state index contributed by atoms with van der Waals surface area (Å²) in [6.45, 7) is 3.00. The Morgan fingerprint density at radius 1 is 1.20 bits per heavy atom. The zero-order valence-electron chi connectivity index (χ0n) is 14.2. The van der Waals surface area contributed by atoms with E-state index in [4.69, 9.17) is 9.47 Å². The first-order chi connectivity index (χ1) is 12.3. The molecule has 5 heteroatoms. The van der Waals surface area contributed by atoms with Crippen molar-refractivity contribution in [3.05, 3.63) is 65.7 Å². The number of hydrogen-bond donors (Lipinski definition) is 0. The lowest BCUT2D eigenvalue weighted by atomic mass is 10.0. The summed E-state index contributed by atoms with van der Waals surface area (Å²) in [6, 6.07) is 11.1. The molecule has 2 fully saturated rings. The summed E-state index contributed by atoms with van der Waals surface area (Å²) >= 11 is 0. The second-order valence-electron chi connectivity index (χ2n) is 6.81. The van der Waals surface area contributed by atoms with Crippen LogP contribution in [-0.4, -0.2) is 41.3 Å². The predicted octanol–water partition coefficient (Wildman–Crippen LogP) is 3.17. The van der Waals surface area contributed by atoms with Gasteiger partial charge in [-0.3, -0.25) is 9.88 Å². The van der Waals surface area contributed by atoms with Crippen molar-refractivity contribution in [2.45, 2.75) is 44.2 Å². The molecule has 0 amide bonds. The maximum Gasteiger partial charge on any atom is 0.123 e. The molecule has 0 aliphatic carbocycles. The Balaban J connectivity index is 1.43. The molecule has 0 saturated carbocycles. The molecule has 2 aliphatic heterocycles. The average molecular weight is 342 g/mol. The lowest BCUT2D eigenvalue weighted by Crippen LogP contribution is -2.41. The molecule has 3 atom stereocenters. The molecule has 3 heterocycles. The van der Waals surface area contributed by atoms with E-state index in [-0.39, 0.29) is 18.0 Å². The zero-order chi connectivity index (χ0) is 17.1. The van der Waals surface area contributed by atoms with Gasteiger partial charge < -0.3 is 9.47 Å². The molecule has 4 nitrogen and oxygen atoms in total. The minimum absolute atomic E-state index is 0.0611. The van der Waals surface area contributed by atoms with Crippen molar-refractivity contribution < 1.29 is 13.9 Å². The molecule has 132 valence electrons. The van der Waals surface area contributed by atoms with Gasteiger partial charge >= 0.3 is 0 Å².